The van der Waals surface area contributed by atoms with Crippen molar-refractivity contribution in [1.82, 2.24) is 19.9 Å². The molecule has 4 heterocycles. The Kier molecular flexibility index (Phi) is 8.70. The number of aromatic nitrogens is 3. The maximum atomic E-state index is 13.2. The van der Waals surface area contributed by atoms with E-state index in [1.165, 1.54) is 6.08 Å². The number of nitrogens with zero attached hydrogens (tertiary/aromatic N) is 6. The maximum Gasteiger partial charge on any atom is 0.253 e. The van der Waals surface area contributed by atoms with Crippen LogP contribution in [0.1, 0.15) is 49.9 Å². The van der Waals surface area contributed by atoms with Crippen LogP contribution in [0.4, 0.5) is 23.1 Å². The van der Waals surface area contributed by atoms with Gasteiger partial charge in [0.1, 0.15) is 5.82 Å². The van der Waals surface area contributed by atoms with E-state index >= 15 is 0 Å². The number of carbonyl (C=O) groups excluding carboxylic acids is 2. The van der Waals surface area contributed by atoms with Crippen molar-refractivity contribution >= 4 is 35.0 Å². The standard InChI is InChI=1S/C32H40N8O2/c1-4-13-38(14-5-2)28-18-26(17-27(37-28)24-19-34-31(33)35-20-24)40-21-32(22-40)11-15-39(16-12-32)30(42)23-7-9-25(10-8-23)36-29(41)6-3/h6-10,17-20H,3-5,11-16,21-22H2,1-2H3,(H,36,41)(H2,33,34,35). The lowest BCUT2D eigenvalue weighted by molar-refractivity contribution is -0.111. The lowest BCUT2D eigenvalue weighted by Crippen LogP contribution is -2.61. The van der Waals surface area contributed by atoms with Crippen LogP contribution in [-0.4, -0.2) is 70.9 Å². The summed E-state index contributed by atoms with van der Waals surface area (Å²) in [5, 5.41) is 2.71. The number of anilines is 4. The van der Waals surface area contributed by atoms with Crippen molar-refractivity contribution in [2.75, 3.05) is 60.1 Å². The van der Waals surface area contributed by atoms with E-state index in [2.05, 4.69) is 57.6 Å². The van der Waals surface area contributed by atoms with Crippen LogP contribution in [0.15, 0.2) is 61.4 Å². The first-order valence-electron chi connectivity index (χ1n) is 14.8. The van der Waals surface area contributed by atoms with Gasteiger partial charge in [0.05, 0.1) is 5.69 Å². The Labute approximate surface area is 247 Å². The first kappa shape index (κ1) is 29.0. The van der Waals surface area contributed by atoms with Gasteiger partial charge in [0.2, 0.25) is 11.9 Å². The van der Waals surface area contributed by atoms with Gasteiger partial charge in [-0.15, -0.1) is 0 Å². The Balaban J connectivity index is 1.26. The van der Waals surface area contributed by atoms with E-state index in [1.54, 1.807) is 36.7 Å². The fraction of sp³-hybridized carbons (Fsp3) is 0.406. The molecule has 1 spiro atoms. The highest BCUT2D eigenvalue weighted by molar-refractivity contribution is 5.99. The molecule has 10 nitrogen and oxygen atoms in total. The molecule has 10 heteroatoms. The summed E-state index contributed by atoms with van der Waals surface area (Å²) in [6.45, 7) is 13.1. The summed E-state index contributed by atoms with van der Waals surface area (Å²) in [6, 6.07) is 11.4. The van der Waals surface area contributed by atoms with E-state index in [0.29, 0.717) is 11.3 Å². The predicted molar refractivity (Wildman–Crippen MR) is 168 cm³/mol. The SMILES string of the molecule is C=CC(=O)Nc1ccc(C(=O)N2CCC3(CC2)CN(c2cc(-c4cnc(N)nc4)nc(N(CCC)CCC)c2)C3)cc1. The van der Waals surface area contributed by atoms with Crippen molar-refractivity contribution in [2.24, 2.45) is 5.41 Å². The zero-order valence-electron chi connectivity index (χ0n) is 24.6. The first-order chi connectivity index (χ1) is 20.3. The fourth-order valence-corrected chi connectivity index (χ4v) is 5.86. The molecule has 0 saturated carbocycles. The first-order valence-corrected chi connectivity index (χ1v) is 14.8. The number of nitrogens with two attached hydrogens (primary N) is 1. The minimum atomic E-state index is -0.275. The van der Waals surface area contributed by atoms with Gasteiger partial charge in [0.25, 0.3) is 5.91 Å². The number of piperidine rings is 1. The predicted octanol–water partition coefficient (Wildman–Crippen LogP) is 4.61. The van der Waals surface area contributed by atoms with Gasteiger partial charge in [0, 0.05) is 85.6 Å². The molecule has 2 fully saturated rings. The fourth-order valence-electron chi connectivity index (χ4n) is 5.86. The molecule has 0 unspecified atom stereocenters. The van der Waals surface area contributed by atoms with Crippen LogP contribution in [0.25, 0.3) is 11.3 Å². The molecule has 0 aliphatic carbocycles. The van der Waals surface area contributed by atoms with Gasteiger partial charge in [-0.2, -0.15) is 0 Å². The van der Waals surface area contributed by atoms with Crippen molar-refractivity contribution < 1.29 is 9.59 Å². The molecule has 3 N–H and O–H groups in total. The monoisotopic (exact) mass is 568 g/mol. The maximum absolute atomic E-state index is 13.2. The zero-order valence-corrected chi connectivity index (χ0v) is 24.6. The second-order valence-corrected chi connectivity index (χ2v) is 11.3. The highest BCUT2D eigenvalue weighted by Gasteiger charge is 2.45. The van der Waals surface area contributed by atoms with Crippen LogP contribution >= 0.6 is 0 Å². The smallest absolute Gasteiger partial charge is 0.253 e. The normalized spacial score (nSPS) is 15.7. The molecule has 220 valence electrons. The molecule has 2 saturated heterocycles. The molecule has 3 aromatic rings. The van der Waals surface area contributed by atoms with Crippen LogP contribution in [0.2, 0.25) is 0 Å². The minimum Gasteiger partial charge on any atom is -0.370 e. The Morgan fingerprint density at radius 3 is 2.29 bits per heavy atom. The van der Waals surface area contributed by atoms with E-state index in [9.17, 15) is 9.59 Å². The number of amides is 2. The van der Waals surface area contributed by atoms with E-state index in [-0.39, 0.29) is 23.2 Å². The Hall–Kier alpha value is -4.47. The topological polar surface area (TPSA) is 121 Å². The van der Waals surface area contributed by atoms with E-state index in [4.69, 9.17) is 10.7 Å². The van der Waals surface area contributed by atoms with E-state index in [1.807, 2.05) is 4.90 Å². The number of benzene rings is 1. The van der Waals surface area contributed by atoms with Gasteiger partial charge in [-0.3, -0.25) is 9.59 Å². The number of pyridine rings is 1. The van der Waals surface area contributed by atoms with Gasteiger partial charge >= 0.3 is 0 Å². The zero-order chi connectivity index (χ0) is 29.7. The minimum absolute atomic E-state index is 0.0312. The van der Waals surface area contributed by atoms with Crippen molar-refractivity contribution in [2.45, 2.75) is 39.5 Å². The van der Waals surface area contributed by atoms with E-state index in [0.717, 1.165) is 87.7 Å². The molecule has 1 aromatic carbocycles. The average molecular weight is 569 g/mol. The Morgan fingerprint density at radius 2 is 1.69 bits per heavy atom. The number of hydrogen-bond acceptors (Lipinski definition) is 8. The van der Waals surface area contributed by atoms with Gasteiger partial charge in [-0.25, -0.2) is 15.0 Å². The van der Waals surface area contributed by atoms with Gasteiger partial charge in [-0.1, -0.05) is 20.4 Å². The van der Waals surface area contributed by atoms with Crippen molar-refractivity contribution in [3.63, 3.8) is 0 Å². The molecule has 0 atom stereocenters. The summed E-state index contributed by atoms with van der Waals surface area (Å²) in [5.74, 6) is 0.975. The number of likely N-dealkylation sites (tertiary alicyclic amines) is 1. The molecular formula is C32H40N8O2. The van der Waals surface area contributed by atoms with Gasteiger partial charge in [0.15, 0.2) is 0 Å². The summed E-state index contributed by atoms with van der Waals surface area (Å²) < 4.78 is 0. The molecule has 2 aromatic heterocycles. The quantitative estimate of drug-likeness (QED) is 0.340. The summed E-state index contributed by atoms with van der Waals surface area (Å²) in [6.07, 6.45) is 8.72. The second kappa shape index (κ2) is 12.6. The lowest BCUT2D eigenvalue weighted by atomic mass is 9.71. The third-order valence-electron chi connectivity index (χ3n) is 8.19. The lowest BCUT2D eigenvalue weighted by Gasteiger charge is -2.55. The Morgan fingerprint density at radius 1 is 1.05 bits per heavy atom. The third-order valence-corrected chi connectivity index (χ3v) is 8.19. The van der Waals surface area contributed by atoms with Gasteiger partial charge < -0.3 is 25.8 Å². The number of nitrogens with one attached hydrogen (secondary N) is 1. The van der Waals surface area contributed by atoms with Crippen LogP contribution < -0.4 is 20.9 Å². The average Bonchev–Trinajstić information content (AvgIpc) is 3.00. The molecule has 0 bridgehead atoms. The molecule has 2 amide bonds. The molecule has 42 heavy (non-hydrogen) atoms. The summed E-state index contributed by atoms with van der Waals surface area (Å²) in [5.41, 5.74) is 10.1. The summed E-state index contributed by atoms with van der Waals surface area (Å²) in [4.78, 5) is 44.8. The largest absolute Gasteiger partial charge is 0.370 e. The van der Waals surface area contributed by atoms with Crippen molar-refractivity contribution in [1.29, 1.82) is 0 Å². The molecule has 2 aliphatic rings. The number of carbonyl (C=O) groups is 2. The van der Waals surface area contributed by atoms with Crippen LogP contribution in [0.5, 0.6) is 0 Å². The van der Waals surface area contributed by atoms with Gasteiger partial charge in [-0.05, 0) is 62.1 Å². The highest BCUT2D eigenvalue weighted by atomic mass is 16.2. The van der Waals surface area contributed by atoms with E-state index < -0.39 is 0 Å². The molecular weight excluding hydrogens is 528 g/mol. The van der Waals surface area contributed by atoms with Crippen molar-refractivity contribution in [3.8, 4) is 11.3 Å². The third kappa shape index (κ3) is 6.37. The van der Waals surface area contributed by atoms with Crippen LogP contribution in [0.3, 0.4) is 0 Å². The molecule has 5 rings (SSSR count). The number of rotatable bonds is 10. The van der Waals surface area contributed by atoms with Crippen LogP contribution in [0, 0.1) is 5.41 Å². The Bertz CT molecular complexity index is 1400. The summed E-state index contributed by atoms with van der Waals surface area (Å²) >= 11 is 0. The summed E-state index contributed by atoms with van der Waals surface area (Å²) in [7, 11) is 0. The number of nitrogen functional groups attached to an aromatic ring is 1. The van der Waals surface area contributed by atoms with Crippen LogP contribution in [-0.2, 0) is 4.79 Å². The molecule has 2 aliphatic heterocycles. The highest BCUT2D eigenvalue weighted by Crippen LogP contribution is 2.44. The van der Waals surface area contributed by atoms with Crippen molar-refractivity contribution in [3.05, 3.63) is 67.0 Å². The molecule has 0 radical (unpaired) electrons. The number of hydrogen-bond donors (Lipinski definition) is 2. The second-order valence-electron chi connectivity index (χ2n) is 11.3.